The molecule has 2 aromatic rings. The van der Waals surface area contributed by atoms with Crippen LogP contribution in [0, 0.1) is 22.7 Å². The topological polar surface area (TPSA) is 88.7 Å². The minimum absolute atomic E-state index is 0.0117. The van der Waals surface area contributed by atoms with E-state index in [4.69, 9.17) is 0 Å². The van der Waals surface area contributed by atoms with Gasteiger partial charge in [0.2, 0.25) is 5.91 Å². The van der Waals surface area contributed by atoms with E-state index in [-0.39, 0.29) is 17.9 Å². The van der Waals surface area contributed by atoms with Crippen LogP contribution >= 0.6 is 11.8 Å². The molecule has 2 fully saturated rings. The molecular formula is C24H24N4OS. The monoisotopic (exact) mass is 416 g/mol. The Morgan fingerprint density at radius 2 is 1.93 bits per heavy atom. The first-order chi connectivity index (χ1) is 14.6. The molecule has 4 rings (SSSR count). The zero-order valence-corrected chi connectivity index (χ0v) is 17.8. The lowest BCUT2D eigenvalue weighted by atomic mass is 9.99. The molecule has 1 saturated carbocycles. The fourth-order valence-electron chi connectivity index (χ4n) is 4.22. The fraction of sp³-hybridized carbons (Fsp3) is 0.375. The summed E-state index contributed by atoms with van der Waals surface area (Å²) in [6.07, 6.45) is 5.57. The van der Waals surface area contributed by atoms with Crippen LogP contribution in [0.2, 0.25) is 0 Å². The van der Waals surface area contributed by atoms with E-state index in [0.29, 0.717) is 12.0 Å². The summed E-state index contributed by atoms with van der Waals surface area (Å²) in [5, 5.41) is 25.4. The zero-order chi connectivity index (χ0) is 21.1. The number of nitrogens with one attached hydrogen (secondary N) is 2. The normalized spacial score (nSPS) is 25.0. The summed E-state index contributed by atoms with van der Waals surface area (Å²) in [7, 11) is 0. The standard InChI is InChI=1S/C24H24N4OS/c1-30-22-10-9-18(12-19(22)14-25)16-5-7-17(8-6-16)20-13-24(20,15-26)28-23(29)21-4-2-3-11-27-21/h5-10,12,20-21,27H,2-4,11,13H2,1H3,(H,28,29)/t20-,21-,24?/m0/s1. The summed E-state index contributed by atoms with van der Waals surface area (Å²) in [4.78, 5) is 13.6. The molecule has 3 atom stereocenters. The van der Waals surface area contributed by atoms with Crippen molar-refractivity contribution in [3.63, 3.8) is 0 Å². The highest BCUT2D eigenvalue weighted by molar-refractivity contribution is 7.98. The van der Waals surface area contributed by atoms with Gasteiger partial charge in [-0.05, 0) is 60.9 Å². The Morgan fingerprint density at radius 1 is 1.17 bits per heavy atom. The van der Waals surface area contributed by atoms with Crippen LogP contribution in [-0.4, -0.2) is 30.3 Å². The molecule has 1 unspecified atom stereocenters. The maximum Gasteiger partial charge on any atom is 0.238 e. The van der Waals surface area contributed by atoms with E-state index in [1.807, 2.05) is 48.7 Å². The number of carbonyl (C=O) groups excluding carboxylic acids is 1. The van der Waals surface area contributed by atoms with E-state index < -0.39 is 5.54 Å². The molecule has 2 N–H and O–H groups in total. The minimum atomic E-state index is -0.800. The van der Waals surface area contributed by atoms with E-state index in [0.717, 1.165) is 47.4 Å². The molecule has 0 bridgehead atoms. The highest BCUT2D eigenvalue weighted by Gasteiger charge is 2.57. The fourth-order valence-corrected chi connectivity index (χ4v) is 4.75. The molecular weight excluding hydrogens is 392 g/mol. The van der Waals surface area contributed by atoms with Gasteiger partial charge in [-0.25, -0.2) is 0 Å². The largest absolute Gasteiger partial charge is 0.336 e. The second-order valence-electron chi connectivity index (χ2n) is 7.98. The minimum Gasteiger partial charge on any atom is -0.336 e. The third-order valence-corrected chi connectivity index (χ3v) is 6.90. The third-order valence-electron chi connectivity index (χ3n) is 6.10. The number of hydrogen-bond donors (Lipinski definition) is 2. The van der Waals surface area contributed by atoms with Crippen LogP contribution in [0.15, 0.2) is 47.4 Å². The number of rotatable bonds is 5. The lowest BCUT2D eigenvalue weighted by molar-refractivity contribution is -0.124. The molecule has 0 radical (unpaired) electrons. The molecule has 1 amide bonds. The van der Waals surface area contributed by atoms with Crippen molar-refractivity contribution in [3.8, 4) is 23.3 Å². The van der Waals surface area contributed by atoms with Gasteiger partial charge >= 0.3 is 0 Å². The predicted molar refractivity (Wildman–Crippen MR) is 118 cm³/mol. The summed E-state index contributed by atoms with van der Waals surface area (Å²) in [6, 6.07) is 18.4. The Labute approximate surface area is 181 Å². The lowest BCUT2D eigenvalue weighted by Crippen LogP contribution is -2.50. The second-order valence-corrected chi connectivity index (χ2v) is 8.83. The lowest BCUT2D eigenvalue weighted by Gasteiger charge is -2.24. The molecule has 2 aliphatic rings. The number of thioether (sulfide) groups is 1. The molecule has 2 aromatic carbocycles. The summed E-state index contributed by atoms with van der Waals surface area (Å²) in [5.74, 6) is -0.0501. The van der Waals surface area contributed by atoms with Gasteiger partial charge in [0.05, 0.1) is 17.7 Å². The van der Waals surface area contributed by atoms with Crippen LogP contribution in [0.3, 0.4) is 0 Å². The van der Waals surface area contributed by atoms with Gasteiger partial charge < -0.3 is 10.6 Å². The van der Waals surface area contributed by atoms with Crippen molar-refractivity contribution in [2.75, 3.05) is 12.8 Å². The first-order valence-corrected chi connectivity index (χ1v) is 11.5. The van der Waals surface area contributed by atoms with Crippen molar-refractivity contribution in [1.82, 2.24) is 10.6 Å². The Hall–Kier alpha value is -2.80. The van der Waals surface area contributed by atoms with Crippen molar-refractivity contribution in [1.29, 1.82) is 10.5 Å². The van der Waals surface area contributed by atoms with E-state index in [1.54, 1.807) is 11.8 Å². The van der Waals surface area contributed by atoms with Crippen molar-refractivity contribution in [2.24, 2.45) is 0 Å². The molecule has 1 aliphatic heterocycles. The van der Waals surface area contributed by atoms with E-state index >= 15 is 0 Å². The van der Waals surface area contributed by atoms with Gasteiger partial charge in [0.1, 0.15) is 11.6 Å². The third kappa shape index (κ3) is 3.94. The number of piperidine rings is 1. The Balaban J connectivity index is 1.47. The molecule has 6 heteroatoms. The van der Waals surface area contributed by atoms with Crippen LogP contribution < -0.4 is 10.6 Å². The summed E-state index contributed by atoms with van der Waals surface area (Å²) >= 11 is 1.56. The van der Waals surface area contributed by atoms with E-state index in [1.165, 1.54) is 0 Å². The summed E-state index contributed by atoms with van der Waals surface area (Å²) < 4.78 is 0. The van der Waals surface area contributed by atoms with Crippen molar-refractivity contribution in [3.05, 3.63) is 53.6 Å². The van der Waals surface area contributed by atoms with Gasteiger partial charge in [0, 0.05) is 10.8 Å². The smallest absolute Gasteiger partial charge is 0.238 e. The molecule has 152 valence electrons. The van der Waals surface area contributed by atoms with Gasteiger partial charge in [-0.1, -0.05) is 36.8 Å². The number of amides is 1. The van der Waals surface area contributed by atoms with Gasteiger partial charge in [-0.3, -0.25) is 4.79 Å². The Bertz CT molecular complexity index is 1030. The number of nitrogens with zero attached hydrogens (tertiary/aromatic N) is 2. The molecule has 30 heavy (non-hydrogen) atoms. The van der Waals surface area contributed by atoms with Gasteiger partial charge in [-0.2, -0.15) is 10.5 Å². The van der Waals surface area contributed by atoms with Crippen molar-refractivity contribution in [2.45, 2.75) is 48.1 Å². The predicted octanol–water partition coefficient (Wildman–Crippen LogP) is 3.96. The van der Waals surface area contributed by atoms with Gasteiger partial charge in [-0.15, -0.1) is 11.8 Å². The first-order valence-electron chi connectivity index (χ1n) is 10.3. The second kappa shape index (κ2) is 8.52. The number of hydrogen-bond acceptors (Lipinski definition) is 5. The number of nitriles is 2. The Morgan fingerprint density at radius 3 is 2.57 bits per heavy atom. The van der Waals surface area contributed by atoms with Crippen LogP contribution in [0.5, 0.6) is 0 Å². The molecule has 1 heterocycles. The maximum atomic E-state index is 12.6. The van der Waals surface area contributed by atoms with Crippen LogP contribution in [0.4, 0.5) is 0 Å². The van der Waals surface area contributed by atoms with Crippen LogP contribution in [-0.2, 0) is 4.79 Å². The first kappa shape index (κ1) is 20.5. The van der Waals surface area contributed by atoms with Crippen molar-refractivity contribution < 1.29 is 4.79 Å². The van der Waals surface area contributed by atoms with Crippen molar-refractivity contribution >= 4 is 17.7 Å². The molecule has 5 nitrogen and oxygen atoms in total. The molecule has 1 aliphatic carbocycles. The van der Waals surface area contributed by atoms with E-state index in [9.17, 15) is 15.3 Å². The molecule has 0 spiro atoms. The number of carbonyl (C=O) groups is 1. The summed E-state index contributed by atoms with van der Waals surface area (Å²) in [5.41, 5.74) is 2.95. The molecule has 1 saturated heterocycles. The average Bonchev–Trinajstić information content (AvgIpc) is 3.53. The SMILES string of the molecule is CSc1ccc(-c2ccc([C@@H]3CC3(C#N)NC(=O)[C@@H]3CCCCN3)cc2)cc1C#N. The van der Waals surface area contributed by atoms with Crippen LogP contribution in [0.25, 0.3) is 11.1 Å². The zero-order valence-electron chi connectivity index (χ0n) is 16.9. The highest BCUT2D eigenvalue weighted by atomic mass is 32.2. The average molecular weight is 417 g/mol. The summed E-state index contributed by atoms with van der Waals surface area (Å²) in [6.45, 7) is 0.855. The van der Waals surface area contributed by atoms with Gasteiger partial charge in [0.15, 0.2) is 0 Å². The van der Waals surface area contributed by atoms with Gasteiger partial charge in [0.25, 0.3) is 0 Å². The maximum absolute atomic E-state index is 12.6. The quantitative estimate of drug-likeness (QED) is 0.721. The highest BCUT2D eigenvalue weighted by Crippen LogP contribution is 2.51. The number of benzene rings is 2. The van der Waals surface area contributed by atoms with E-state index in [2.05, 4.69) is 22.8 Å². The Kier molecular flexibility index (Phi) is 5.81. The molecule has 0 aromatic heterocycles. The van der Waals surface area contributed by atoms with Crippen LogP contribution in [0.1, 0.15) is 42.7 Å².